The smallest absolute Gasteiger partial charge is 0.369 e. The zero-order valence-corrected chi connectivity index (χ0v) is 8.94. The fraction of sp³-hybridized carbons (Fsp3) is 0.625. The van der Waals surface area contributed by atoms with E-state index in [4.69, 9.17) is 4.74 Å². The number of hydrogen-bond acceptors (Lipinski definition) is 5. The zero-order valence-electron chi connectivity index (χ0n) is 8.12. The normalized spacial score (nSPS) is 11.4. The summed E-state index contributed by atoms with van der Waals surface area (Å²) in [5.41, 5.74) is -0.476. The van der Waals surface area contributed by atoms with Gasteiger partial charge in [0.15, 0.2) is 0 Å². The van der Waals surface area contributed by atoms with Gasteiger partial charge < -0.3 is 4.74 Å². The van der Waals surface area contributed by atoms with E-state index >= 15 is 0 Å². The fourth-order valence-electron chi connectivity index (χ4n) is 0.701. The third kappa shape index (κ3) is 3.10. The van der Waals surface area contributed by atoms with Crippen molar-refractivity contribution in [2.75, 3.05) is 0 Å². The first-order valence-corrected chi connectivity index (χ1v) is 4.73. The third-order valence-electron chi connectivity index (χ3n) is 1.10. The highest BCUT2D eigenvalue weighted by atomic mass is 32.1. The highest BCUT2D eigenvalue weighted by molar-refractivity contribution is 7.13. The van der Waals surface area contributed by atoms with Gasteiger partial charge in [0.1, 0.15) is 10.6 Å². The molecule has 0 bridgehead atoms. The first-order chi connectivity index (χ1) is 5.88. The van der Waals surface area contributed by atoms with Crippen molar-refractivity contribution in [2.24, 2.45) is 0 Å². The van der Waals surface area contributed by atoms with Crippen molar-refractivity contribution in [2.45, 2.75) is 33.3 Å². The van der Waals surface area contributed by atoms with Crippen LogP contribution in [-0.2, 0) is 4.74 Å². The van der Waals surface area contributed by atoms with Gasteiger partial charge in [-0.25, -0.2) is 4.79 Å². The maximum atomic E-state index is 11.4. The van der Waals surface area contributed by atoms with Crippen LogP contribution in [0.15, 0.2) is 0 Å². The van der Waals surface area contributed by atoms with E-state index in [1.807, 2.05) is 20.8 Å². The molecule has 5 heteroatoms. The number of hydrogen-bond donors (Lipinski definition) is 0. The maximum absolute atomic E-state index is 11.4. The van der Waals surface area contributed by atoms with Crippen LogP contribution in [0.25, 0.3) is 0 Å². The van der Waals surface area contributed by atoms with E-state index in [-0.39, 0.29) is 0 Å². The van der Waals surface area contributed by atoms with Gasteiger partial charge in [-0.1, -0.05) is 11.3 Å². The molecular weight excluding hydrogens is 188 g/mol. The molecule has 0 amide bonds. The summed E-state index contributed by atoms with van der Waals surface area (Å²) in [7, 11) is 0. The molecule has 0 aliphatic carbocycles. The Labute approximate surface area is 80.9 Å². The van der Waals surface area contributed by atoms with Gasteiger partial charge in [0.25, 0.3) is 0 Å². The lowest BCUT2D eigenvalue weighted by molar-refractivity contribution is 0.00683. The first-order valence-electron chi connectivity index (χ1n) is 3.92. The van der Waals surface area contributed by atoms with Gasteiger partial charge in [0.2, 0.25) is 5.01 Å². The minimum atomic E-state index is -0.476. The molecule has 72 valence electrons. The maximum Gasteiger partial charge on any atom is 0.369 e. The molecule has 0 atom stereocenters. The minimum Gasteiger partial charge on any atom is -0.455 e. The van der Waals surface area contributed by atoms with E-state index in [0.29, 0.717) is 5.01 Å². The van der Waals surface area contributed by atoms with Crippen molar-refractivity contribution < 1.29 is 9.53 Å². The predicted octanol–water partition coefficient (Wildman–Crippen LogP) is 1.80. The summed E-state index contributed by atoms with van der Waals surface area (Å²) in [4.78, 5) is 11.4. The summed E-state index contributed by atoms with van der Waals surface area (Å²) >= 11 is 1.24. The molecule has 1 heterocycles. The first kappa shape index (κ1) is 10.1. The Hall–Kier alpha value is -0.970. The summed E-state index contributed by atoms with van der Waals surface area (Å²) in [6.45, 7) is 7.25. The summed E-state index contributed by atoms with van der Waals surface area (Å²) in [6.07, 6.45) is 0. The molecule has 0 aromatic carbocycles. The van der Waals surface area contributed by atoms with E-state index in [2.05, 4.69) is 10.2 Å². The second-order valence-electron chi connectivity index (χ2n) is 3.63. The number of aryl methyl sites for hydroxylation is 1. The number of carbonyl (C=O) groups is 1. The van der Waals surface area contributed by atoms with Crippen LogP contribution in [0.2, 0.25) is 0 Å². The fourth-order valence-corrected chi connectivity index (χ4v) is 1.27. The van der Waals surface area contributed by atoms with Crippen LogP contribution in [0.5, 0.6) is 0 Å². The highest BCUT2D eigenvalue weighted by Gasteiger charge is 2.20. The standard InChI is InChI=1S/C8H12N2O2S/c1-5-9-10-6(13-5)7(11)12-8(2,3)4/h1-4H3. The van der Waals surface area contributed by atoms with E-state index in [9.17, 15) is 4.79 Å². The number of esters is 1. The quantitative estimate of drug-likeness (QED) is 0.649. The summed E-state index contributed by atoms with van der Waals surface area (Å²) in [5, 5.41) is 8.51. The van der Waals surface area contributed by atoms with Crippen LogP contribution in [0.4, 0.5) is 0 Å². The molecule has 0 saturated heterocycles. The lowest BCUT2D eigenvalue weighted by atomic mass is 10.2. The van der Waals surface area contributed by atoms with Crippen LogP contribution in [-0.4, -0.2) is 21.8 Å². The zero-order chi connectivity index (χ0) is 10.1. The number of rotatable bonds is 1. The average Bonchev–Trinajstić information content (AvgIpc) is 2.31. The summed E-state index contributed by atoms with van der Waals surface area (Å²) in [5.74, 6) is -0.405. The summed E-state index contributed by atoms with van der Waals surface area (Å²) < 4.78 is 5.11. The van der Waals surface area contributed by atoms with Crippen molar-refractivity contribution in [3.63, 3.8) is 0 Å². The van der Waals surface area contributed by atoms with Gasteiger partial charge in [-0.3, -0.25) is 0 Å². The van der Waals surface area contributed by atoms with Gasteiger partial charge in [0, 0.05) is 0 Å². The Balaban J connectivity index is 2.70. The Morgan fingerprint density at radius 3 is 2.38 bits per heavy atom. The average molecular weight is 200 g/mol. The topological polar surface area (TPSA) is 52.1 Å². The predicted molar refractivity (Wildman–Crippen MR) is 49.8 cm³/mol. The van der Waals surface area contributed by atoms with Crippen molar-refractivity contribution in [1.82, 2.24) is 10.2 Å². The molecular formula is C8H12N2O2S. The molecule has 1 aromatic heterocycles. The third-order valence-corrected chi connectivity index (χ3v) is 1.92. The summed E-state index contributed by atoms with van der Waals surface area (Å²) in [6, 6.07) is 0. The largest absolute Gasteiger partial charge is 0.455 e. The van der Waals surface area contributed by atoms with Crippen molar-refractivity contribution >= 4 is 17.3 Å². The monoisotopic (exact) mass is 200 g/mol. The van der Waals surface area contributed by atoms with Crippen LogP contribution in [0.1, 0.15) is 35.6 Å². The van der Waals surface area contributed by atoms with Gasteiger partial charge in [-0.05, 0) is 27.7 Å². The number of aromatic nitrogens is 2. The molecule has 0 radical (unpaired) electrons. The number of ether oxygens (including phenoxy) is 1. The molecule has 0 saturated carbocycles. The minimum absolute atomic E-state index is 0.312. The Morgan fingerprint density at radius 2 is 2.00 bits per heavy atom. The van der Waals surface area contributed by atoms with Crippen molar-refractivity contribution in [3.05, 3.63) is 10.0 Å². The van der Waals surface area contributed by atoms with Crippen LogP contribution in [0, 0.1) is 6.92 Å². The molecule has 4 nitrogen and oxygen atoms in total. The lowest BCUT2D eigenvalue weighted by Gasteiger charge is -2.17. The van der Waals surface area contributed by atoms with Crippen LogP contribution < -0.4 is 0 Å². The van der Waals surface area contributed by atoms with Gasteiger partial charge >= 0.3 is 5.97 Å². The molecule has 0 spiro atoms. The molecule has 0 aliphatic rings. The van der Waals surface area contributed by atoms with E-state index in [0.717, 1.165) is 5.01 Å². The Kier molecular flexibility index (Phi) is 2.66. The van der Waals surface area contributed by atoms with E-state index < -0.39 is 11.6 Å². The van der Waals surface area contributed by atoms with Crippen molar-refractivity contribution in [1.29, 1.82) is 0 Å². The number of carbonyl (C=O) groups excluding carboxylic acids is 1. The SMILES string of the molecule is Cc1nnc(C(=O)OC(C)(C)C)s1. The molecule has 0 N–H and O–H groups in total. The second-order valence-corrected chi connectivity index (χ2v) is 4.81. The Bertz CT molecular complexity index is 314. The molecule has 0 aliphatic heterocycles. The van der Waals surface area contributed by atoms with Crippen LogP contribution in [0.3, 0.4) is 0 Å². The molecule has 0 fully saturated rings. The van der Waals surface area contributed by atoms with Gasteiger partial charge in [0.05, 0.1) is 0 Å². The molecule has 0 unspecified atom stereocenters. The Morgan fingerprint density at radius 1 is 1.38 bits per heavy atom. The lowest BCUT2D eigenvalue weighted by Crippen LogP contribution is -2.23. The van der Waals surface area contributed by atoms with E-state index in [1.54, 1.807) is 6.92 Å². The number of nitrogens with zero attached hydrogens (tertiary/aromatic N) is 2. The van der Waals surface area contributed by atoms with Gasteiger partial charge in [-0.15, -0.1) is 10.2 Å². The van der Waals surface area contributed by atoms with Crippen molar-refractivity contribution in [3.8, 4) is 0 Å². The van der Waals surface area contributed by atoms with Gasteiger partial charge in [-0.2, -0.15) is 0 Å². The second kappa shape index (κ2) is 3.41. The molecule has 1 aromatic rings. The molecule has 1 rings (SSSR count). The van der Waals surface area contributed by atoms with Crippen LogP contribution >= 0.6 is 11.3 Å². The highest BCUT2D eigenvalue weighted by Crippen LogP contribution is 2.14. The molecule has 13 heavy (non-hydrogen) atoms. The van der Waals surface area contributed by atoms with E-state index in [1.165, 1.54) is 11.3 Å².